The van der Waals surface area contributed by atoms with Crippen molar-refractivity contribution < 1.29 is 4.79 Å². The molecule has 1 saturated heterocycles. The summed E-state index contributed by atoms with van der Waals surface area (Å²) in [6.07, 6.45) is 4.85. The number of nitrogens with one attached hydrogen (secondary N) is 2. The normalized spacial score (nSPS) is 19.1. The third-order valence-electron chi connectivity index (χ3n) is 2.15. The summed E-state index contributed by atoms with van der Waals surface area (Å²) in [5, 5.41) is 3.28. The third-order valence-corrected chi connectivity index (χ3v) is 2.58. The average molecular weight is 188 g/mol. The van der Waals surface area contributed by atoms with Crippen molar-refractivity contribution in [2.45, 2.75) is 19.3 Å². The van der Waals surface area contributed by atoms with Crippen molar-refractivity contribution in [3.8, 4) is 0 Å². The molecule has 0 aromatic heterocycles. The van der Waals surface area contributed by atoms with E-state index in [1.807, 2.05) is 6.26 Å². The summed E-state index contributed by atoms with van der Waals surface area (Å²) in [4.78, 5) is 11.2. The smallest absolute Gasteiger partial charge is 0.230 e. The van der Waals surface area contributed by atoms with Crippen molar-refractivity contribution >= 4 is 17.9 Å². The third kappa shape index (κ3) is 3.45. The Kier molecular flexibility index (Phi) is 4.46. The van der Waals surface area contributed by atoms with Crippen molar-refractivity contribution in [2.75, 3.05) is 19.3 Å². The Morgan fingerprint density at radius 2 is 2.25 bits per heavy atom. The van der Waals surface area contributed by atoms with Crippen LogP contribution in [0.4, 0.5) is 0 Å². The van der Waals surface area contributed by atoms with Crippen LogP contribution < -0.4 is 10.0 Å². The van der Waals surface area contributed by atoms with E-state index in [1.54, 1.807) is 0 Å². The maximum atomic E-state index is 11.2. The molecule has 1 aliphatic heterocycles. The molecule has 0 atom stereocenters. The second-order valence-electron chi connectivity index (χ2n) is 3.13. The highest BCUT2D eigenvalue weighted by molar-refractivity contribution is 7.97. The van der Waals surface area contributed by atoms with Gasteiger partial charge in [0.2, 0.25) is 5.91 Å². The van der Waals surface area contributed by atoms with Crippen LogP contribution in [0.15, 0.2) is 0 Å². The SMILES string of the molecule is CSNC(=O)CC1CCNCC1. The van der Waals surface area contributed by atoms with Crippen LogP contribution in [0.1, 0.15) is 19.3 Å². The van der Waals surface area contributed by atoms with E-state index in [-0.39, 0.29) is 5.91 Å². The van der Waals surface area contributed by atoms with Crippen LogP contribution in [0.5, 0.6) is 0 Å². The van der Waals surface area contributed by atoms with Gasteiger partial charge in [-0.3, -0.25) is 4.79 Å². The van der Waals surface area contributed by atoms with Crippen molar-refractivity contribution in [3.05, 3.63) is 0 Å². The van der Waals surface area contributed by atoms with E-state index in [1.165, 1.54) is 11.9 Å². The molecule has 0 spiro atoms. The highest BCUT2D eigenvalue weighted by atomic mass is 32.2. The summed E-state index contributed by atoms with van der Waals surface area (Å²) in [7, 11) is 0. The van der Waals surface area contributed by atoms with E-state index in [2.05, 4.69) is 10.0 Å². The van der Waals surface area contributed by atoms with E-state index < -0.39 is 0 Å². The van der Waals surface area contributed by atoms with Gasteiger partial charge in [0.25, 0.3) is 0 Å². The van der Waals surface area contributed by atoms with Gasteiger partial charge in [0.05, 0.1) is 0 Å². The summed E-state index contributed by atoms with van der Waals surface area (Å²) < 4.78 is 2.75. The Labute approximate surface area is 77.8 Å². The summed E-state index contributed by atoms with van der Waals surface area (Å²) in [5.41, 5.74) is 0. The first-order valence-corrected chi connectivity index (χ1v) is 5.58. The van der Waals surface area contributed by atoms with Crippen molar-refractivity contribution in [3.63, 3.8) is 0 Å². The Hall–Kier alpha value is -0.220. The molecule has 70 valence electrons. The minimum Gasteiger partial charge on any atom is -0.317 e. The van der Waals surface area contributed by atoms with Crippen LogP contribution in [0.25, 0.3) is 0 Å². The van der Waals surface area contributed by atoms with Gasteiger partial charge in [-0.1, -0.05) is 11.9 Å². The van der Waals surface area contributed by atoms with Gasteiger partial charge in [0.15, 0.2) is 0 Å². The quantitative estimate of drug-likeness (QED) is 0.643. The predicted octanol–water partition coefficient (Wildman–Crippen LogP) is 0.770. The highest BCUT2D eigenvalue weighted by Crippen LogP contribution is 2.15. The summed E-state index contributed by atoms with van der Waals surface area (Å²) in [6.45, 7) is 2.13. The molecule has 4 heteroatoms. The molecule has 1 fully saturated rings. The van der Waals surface area contributed by atoms with Crippen molar-refractivity contribution in [1.82, 2.24) is 10.0 Å². The molecule has 2 N–H and O–H groups in total. The molecule has 0 unspecified atom stereocenters. The summed E-state index contributed by atoms with van der Waals surface area (Å²) >= 11 is 1.38. The summed E-state index contributed by atoms with van der Waals surface area (Å²) in [5.74, 6) is 0.771. The van der Waals surface area contributed by atoms with E-state index in [9.17, 15) is 4.79 Å². The molecule has 0 aromatic rings. The maximum Gasteiger partial charge on any atom is 0.230 e. The van der Waals surface area contributed by atoms with Crippen LogP contribution in [0.3, 0.4) is 0 Å². The number of carbonyl (C=O) groups is 1. The Balaban J connectivity index is 2.15. The molecule has 1 aliphatic rings. The molecule has 3 nitrogen and oxygen atoms in total. The first-order valence-electron chi connectivity index (χ1n) is 4.35. The number of hydrogen-bond donors (Lipinski definition) is 2. The van der Waals surface area contributed by atoms with Crippen molar-refractivity contribution in [1.29, 1.82) is 0 Å². The minimum absolute atomic E-state index is 0.175. The molecule has 0 bridgehead atoms. The lowest BCUT2D eigenvalue weighted by Gasteiger charge is -2.21. The molecule has 0 saturated carbocycles. The minimum atomic E-state index is 0.175. The van der Waals surface area contributed by atoms with Gasteiger partial charge in [-0.05, 0) is 31.8 Å². The average Bonchev–Trinajstić information content (AvgIpc) is 2.06. The number of rotatable bonds is 3. The van der Waals surface area contributed by atoms with Gasteiger partial charge in [0.1, 0.15) is 0 Å². The van der Waals surface area contributed by atoms with Crippen LogP contribution in [-0.2, 0) is 4.79 Å². The number of hydrogen-bond acceptors (Lipinski definition) is 3. The second kappa shape index (κ2) is 5.43. The molecule has 1 heterocycles. The Morgan fingerprint density at radius 3 is 2.83 bits per heavy atom. The Bertz CT molecular complexity index is 146. The molecular weight excluding hydrogens is 172 g/mol. The fourth-order valence-corrected chi connectivity index (χ4v) is 1.81. The maximum absolute atomic E-state index is 11.2. The lowest BCUT2D eigenvalue weighted by atomic mass is 9.94. The predicted molar refractivity (Wildman–Crippen MR) is 51.9 cm³/mol. The number of amides is 1. The van der Waals surface area contributed by atoms with Gasteiger partial charge in [-0.2, -0.15) is 0 Å². The van der Waals surface area contributed by atoms with Crippen LogP contribution >= 0.6 is 11.9 Å². The molecule has 0 aliphatic carbocycles. The zero-order valence-electron chi connectivity index (χ0n) is 7.43. The van der Waals surface area contributed by atoms with Gasteiger partial charge in [-0.25, -0.2) is 0 Å². The monoisotopic (exact) mass is 188 g/mol. The first-order chi connectivity index (χ1) is 5.83. The van der Waals surface area contributed by atoms with E-state index in [4.69, 9.17) is 0 Å². The van der Waals surface area contributed by atoms with Crippen LogP contribution in [-0.4, -0.2) is 25.3 Å². The molecule has 0 radical (unpaired) electrons. The highest BCUT2D eigenvalue weighted by Gasteiger charge is 2.15. The van der Waals surface area contributed by atoms with E-state index >= 15 is 0 Å². The molecule has 0 aromatic carbocycles. The second-order valence-corrected chi connectivity index (χ2v) is 3.74. The summed E-state index contributed by atoms with van der Waals surface area (Å²) in [6, 6.07) is 0. The first kappa shape index (κ1) is 9.86. The zero-order chi connectivity index (χ0) is 8.81. The fourth-order valence-electron chi connectivity index (χ4n) is 1.50. The molecular formula is C8H16N2OS. The van der Waals surface area contributed by atoms with Gasteiger partial charge in [-0.15, -0.1) is 0 Å². The van der Waals surface area contributed by atoms with Gasteiger partial charge >= 0.3 is 0 Å². The molecule has 12 heavy (non-hydrogen) atoms. The lowest BCUT2D eigenvalue weighted by Crippen LogP contribution is -2.30. The van der Waals surface area contributed by atoms with Crippen LogP contribution in [0.2, 0.25) is 0 Å². The Morgan fingerprint density at radius 1 is 1.58 bits per heavy atom. The van der Waals surface area contributed by atoms with Crippen LogP contribution in [0, 0.1) is 5.92 Å². The van der Waals surface area contributed by atoms with Crippen molar-refractivity contribution in [2.24, 2.45) is 5.92 Å². The van der Waals surface area contributed by atoms with E-state index in [0.717, 1.165) is 25.9 Å². The largest absolute Gasteiger partial charge is 0.317 e. The van der Waals surface area contributed by atoms with Gasteiger partial charge < -0.3 is 10.0 Å². The molecule has 1 amide bonds. The fraction of sp³-hybridized carbons (Fsp3) is 0.875. The van der Waals surface area contributed by atoms with E-state index in [0.29, 0.717) is 12.3 Å². The molecule has 1 rings (SSSR count). The number of piperidine rings is 1. The lowest BCUT2D eigenvalue weighted by molar-refractivity contribution is -0.120. The standard InChI is InChI=1S/C8H16N2OS/c1-12-10-8(11)6-7-2-4-9-5-3-7/h7,9H,2-6H2,1H3,(H,10,11). The van der Waals surface area contributed by atoms with Gasteiger partial charge in [0, 0.05) is 12.7 Å². The number of carbonyl (C=O) groups excluding carboxylic acids is 1. The topological polar surface area (TPSA) is 41.1 Å². The zero-order valence-corrected chi connectivity index (χ0v) is 8.25.